The summed E-state index contributed by atoms with van der Waals surface area (Å²) in [5.74, 6) is -0.202. The Labute approximate surface area is 111 Å². The van der Waals surface area contributed by atoms with Crippen LogP contribution in [0.3, 0.4) is 0 Å². The molecule has 2 atom stereocenters. The summed E-state index contributed by atoms with van der Waals surface area (Å²) >= 11 is 0. The second-order valence-electron chi connectivity index (χ2n) is 3.96. The molecular weight excluding hydrogens is 252 g/mol. The van der Waals surface area contributed by atoms with Gasteiger partial charge in [0.1, 0.15) is 18.8 Å². The number of hydrogen-bond donors (Lipinski definition) is 2. The predicted molar refractivity (Wildman–Crippen MR) is 67.0 cm³/mol. The summed E-state index contributed by atoms with van der Waals surface area (Å²) in [5, 5.41) is 19.4. The van der Waals surface area contributed by atoms with Crippen LogP contribution in [0.25, 0.3) is 0 Å². The highest BCUT2D eigenvalue weighted by Crippen LogP contribution is 2.31. The van der Waals surface area contributed by atoms with Crippen molar-refractivity contribution in [3.63, 3.8) is 0 Å². The molecule has 0 spiro atoms. The van der Waals surface area contributed by atoms with Crippen molar-refractivity contribution in [3.05, 3.63) is 23.8 Å². The zero-order valence-corrected chi connectivity index (χ0v) is 11.1. The van der Waals surface area contributed by atoms with Crippen LogP contribution in [-0.2, 0) is 14.3 Å². The molecule has 0 radical (unpaired) electrons. The first kappa shape index (κ1) is 15.3. The Hall–Kier alpha value is -1.79. The van der Waals surface area contributed by atoms with Gasteiger partial charge in [0, 0.05) is 14.0 Å². The van der Waals surface area contributed by atoms with Crippen LogP contribution >= 0.6 is 0 Å². The van der Waals surface area contributed by atoms with E-state index < -0.39 is 18.2 Å². The van der Waals surface area contributed by atoms with E-state index in [9.17, 15) is 15.0 Å². The molecule has 0 aromatic heterocycles. The Morgan fingerprint density at radius 3 is 2.58 bits per heavy atom. The molecule has 6 heteroatoms. The molecule has 106 valence electrons. The number of aromatic hydroxyl groups is 1. The molecule has 1 aromatic rings. The minimum atomic E-state index is -1.01. The number of aliphatic hydroxyl groups is 1. The van der Waals surface area contributed by atoms with Crippen LogP contribution < -0.4 is 4.74 Å². The van der Waals surface area contributed by atoms with E-state index in [1.165, 1.54) is 27.2 Å². The summed E-state index contributed by atoms with van der Waals surface area (Å²) in [6.07, 6.45) is -1.70. The van der Waals surface area contributed by atoms with Gasteiger partial charge in [-0.05, 0) is 17.7 Å². The number of carbonyl (C=O) groups is 1. The normalized spacial score (nSPS) is 13.7. The Bertz CT molecular complexity index is 431. The molecule has 0 saturated carbocycles. The van der Waals surface area contributed by atoms with Gasteiger partial charge in [0.2, 0.25) is 0 Å². The molecule has 0 fully saturated rings. The molecule has 1 rings (SSSR count). The van der Waals surface area contributed by atoms with Gasteiger partial charge in [-0.2, -0.15) is 0 Å². The van der Waals surface area contributed by atoms with E-state index in [-0.39, 0.29) is 18.1 Å². The molecule has 0 aliphatic rings. The number of esters is 1. The molecule has 0 bridgehead atoms. The number of benzene rings is 1. The van der Waals surface area contributed by atoms with E-state index in [1.807, 2.05) is 0 Å². The van der Waals surface area contributed by atoms with Crippen molar-refractivity contribution in [2.75, 3.05) is 20.8 Å². The van der Waals surface area contributed by atoms with Crippen LogP contribution in [0, 0.1) is 0 Å². The maximum atomic E-state index is 10.7. The van der Waals surface area contributed by atoms with Gasteiger partial charge in [0.05, 0.1) is 7.11 Å². The van der Waals surface area contributed by atoms with E-state index in [1.54, 1.807) is 12.1 Å². The lowest BCUT2D eigenvalue weighted by molar-refractivity contribution is -0.147. The quantitative estimate of drug-likeness (QED) is 0.750. The van der Waals surface area contributed by atoms with Crippen LogP contribution in [0.1, 0.15) is 18.6 Å². The summed E-state index contributed by atoms with van der Waals surface area (Å²) in [4.78, 5) is 10.7. The van der Waals surface area contributed by atoms with Gasteiger partial charge >= 0.3 is 5.97 Å². The number of phenolic OH excluding ortho intramolecular Hbond substituents is 1. The van der Waals surface area contributed by atoms with Gasteiger partial charge in [-0.25, -0.2) is 0 Å². The molecule has 0 saturated heterocycles. The van der Waals surface area contributed by atoms with Crippen molar-refractivity contribution in [1.82, 2.24) is 0 Å². The first-order chi connectivity index (χ1) is 8.99. The van der Waals surface area contributed by atoms with Crippen LogP contribution in [0.4, 0.5) is 0 Å². The Morgan fingerprint density at radius 2 is 2.05 bits per heavy atom. The molecule has 0 unspecified atom stereocenters. The number of methoxy groups -OCH3 is 2. The zero-order chi connectivity index (χ0) is 14.4. The lowest BCUT2D eigenvalue weighted by Crippen LogP contribution is -2.26. The maximum absolute atomic E-state index is 10.7. The van der Waals surface area contributed by atoms with Crippen molar-refractivity contribution in [1.29, 1.82) is 0 Å². The number of carbonyl (C=O) groups excluding carboxylic acids is 1. The summed E-state index contributed by atoms with van der Waals surface area (Å²) < 4.78 is 14.9. The number of aliphatic hydroxyl groups excluding tert-OH is 1. The lowest BCUT2D eigenvalue weighted by Gasteiger charge is -2.22. The van der Waals surface area contributed by atoms with E-state index in [0.717, 1.165) is 0 Å². The largest absolute Gasteiger partial charge is 0.504 e. The third kappa shape index (κ3) is 4.11. The van der Waals surface area contributed by atoms with Crippen molar-refractivity contribution >= 4 is 5.97 Å². The van der Waals surface area contributed by atoms with Gasteiger partial charge in [-0.1, -0.05) is 6.07 Å². The van der Waals surface area contributed by atoms with Crippen LogP contribution in [-0.4, -0.2) is 43.1 Å². The molecular formula is C13H18O6. The lowest BCUT2D eigenvalue weighted by atomic mass is 10.0. The highest BCUT2D eigenvalue weighted by atomic mass is 16.5. The average molecular weight is 270 g/mol. The fourth-order valence-electron chi connectivity index (χ4n) is 1.68. The molecule has 0 aliphatic heterocycles. The third-order valence-electron chi connectivity index (χ3n) is 2.59. The van der Waals surface area contributed by atoms with Crippen LogP contribution in [0.2, 0.25) is 0 Å². The first-order valence-electron chi connectivity index (χ1n) is 5.70. The maximum Gasteiger partial charge on any atom is 0.302 e. The molecule has 2 N–H and O–H groups in total. The zero-order valence-electron chi connectivity index (χ0n) is 11.1. The first-order valence-corrected chi connectivity index (χ1v) is 5.70. The van der Waals surface area contributed by atoms with Crippen molar-refractivity contribution in [2.24, 2.45) is 0 Å². The van der Waals surface area contributed by atoms with Crippen LogP contribution in [0.15, 0.2) is 18.2 Å². The summed E-state index contributed by atoms with van der Waals surface area (Å²) in [7, 11) is 2.86. The molecule has 1 aromatic carbocycles. The number of hydrogen-bond acceptors (Lipinski definition) is 6. The molecule has 0 aliphatic carbocycles. The van der Waals surface area contributed by atoms with E-state index in [0.29, 0.717) is 5.56 Å². The SMILES string of the molecule is COc1cc([C@H](OC)[C@H](O)COC(C)=O)ccc1O. The minimum absolute atomic E-state index is 0.00409. The van der Waals surface area contributed by atoms with Crippen molar-refractivity contribution < 1.29 is 29.2 Å². The third-order valence-corrected chi connectivity index (χ3v) is 2.59. The average Bonchev–Trinajstić information content (AvgIpc) is 2.39. The number of phenols is 1. The summed E-state index contributed by atoms with van der Waals surface area (Å²) in [6, 6.07) is 4.60. The Kier molecular flexibility index (Phi) is 5.59. The highest BCUT2D eigenvalue weighted by Gasteiger charge is 2.23. The predicted octanol–water partition coefficient (Wildman–Crippen LogP) is 1.01. The molecule has 0 heterocycles. The van der Waals surface area contributed by atoms with E-state index in [4.69, 9.17) is 14.2 Å². The van der Waals surface area contributed by atoms with Gasteiger partial charge in [0.25, 0.3) is 0 Å². The monoisotopic (exact) mass is 270 g/mol. The van der Waals surface area contributed by atoms with Gasteiger partial charge in [-0.15, -0.1) is 0 Å². The second-order valence-corrected chi connectivity index (χ2v) is 3.96. The van der Waals surface area contributed by atoms with Crippen LogP contribution in [0.5, 0.6) is 11.5 Å². The van der Waals surface area contributed by atoms with Gasteiger partial charge < -0.3 is 24.4 Å². The molecule has 0 amide bonds. The Morgan fingerprint density at radius 1 is 1.37 bits per heavy atom. The topological polar surface area (TPSA) is 85.2 Å². The molecule has 19 heavy (non-hydrogen) atoms. The fourth-order valence-corrected chi connectivity index (χ4v) is 1.68. The van der Waals surface area contributed by atoms with Gasteiger partial charge in [0.15, 0.2) is 11.5 Å². The smallest absolute Gasteiger partial charge is 0.302 e. The fraction of sp³-hybridized carbons (Fsp3) is 0.462. The van der Waals surface area contributed by atoms with Crippen molar-refractivity contribution in [3.8, 4) is 11.5 Å². The van der Waals surface area contributed by atoms with E-state index in [2.05, 4.69) is 0 Å². The van der Waals surface area contributed by atoms with Crippen molar-refractivity contribution in [2.45, 2.75) is 19.1 Å². The molecule has 6 nitrogen and oxygen atoms in total. The highest BCUT2D eigenvalue weighted by molar-refractivity contribution is 5.65. The van der Waals surface area contributed by atoms with Gasteiger partial charge in [-0.3, -0.25) is 4.79 Å². The van der Waals surface area contributed by atoms with E-state index >= 15 is 0 Å². The summed E-state index contributed by atoms with van der Waals surface area (Å²) in [6.45, 7) is 1.09. The Balaban J connectivity index is 2.86. The number of rotatable bonds is 6. The second kappa shape index (κ2) is 6.96. The minimum Gasteiger partial charge on any atom is -0.504 e. The number of ether oxygens (including phenoxy) is 3. The standard InChI is InChI=1S/C13H18O6/c1-8(14)19-7-11(16)13(18-3)9-4-5-10(15)12(6-9)17-2/h4-6,11,13,15-16H,7H2,1-3H3/t11-,13+/m1/s1. The summed E-state index contributed by atoms with van der Waals surface area (Å²) in [5.41, 5.74) is 0.608.